The molecule has 1 aliphatic carbocycles. The number of nitro benzene ring substituents is 1. The van der Waals surface area contributed by atoms with Crippen molar-refractivity contribution in [1.29, 1.82) is 0 Å². The largest absolute Gasteiger partial charge is 0.398 e. The Bertz CT molecular complexity index is 430. The zero-order valence-electron chi connectivity index (χ0n) is 9.85. The van der Waals surface area contributed by atoms with Gasteiger partial charge in [0.15, 0.2) is 0 Å². The van der Waals surface area contributed by atoms with E-state index in [1.165, 1.54) is 25.0 Å². The van der Waals surface area contributed by atoms with Crippen molar-refractivity contribution < 1.29 is 4.92 Å². The molecule has 17 heavy (non-hydrogen) atoms. The molecule has 5 nitrogen and oxygen atoms in total. The van der Waals surface area contributed by atoms with Crippen molar-refractivity contribution in [1.82, 2.24) is 0 Å². The number of nitrogens with one attached hydrogen (secondary N) is 1. The van der Waals surface area contributed by atoms with E-state index in [1.54, 1.807) is 6.07 Å². The summed E-state index contributed by atoms with van der Waals surface area (Å²) in [5.74, 6) is 1.43. The third-order valence-electron chi connectivity index (χ3n) is 3.21. The Hall–Kier alpha value is -1.78. The van der Waals surface area contributed by atoms with Crippen LogP contribution in [0, 0.1) is 22.0 Å². The Kier molecular flexibility index (Phi) is 3.17. The van der Waals surface area contributed by atoms with Crippen LogP contribution in [0.2, 0.25) is 0 Å². The summed E-state index contributed by atoms with van der Waals surface area (Å²) in [6, 6.07) is 4.62. The molecular weight excluding hydrogens is 218 g/mol. The summed E-state index contributed by atoms with van der Waals surface area (Å²) in [7, 11) is 0. The number of nitro groups is 1. The molecule has 0 aromatic heterocycles. The normalized spacial score (nSPS) is 16.5. The van der Waals surface area contributed by atoms with Crippen LogP contribution >= 0.6 is 0 Å². The van der Waals surface area contributed by atoms with Gasteiger partial charge < -0.3 is 11.1 Å². The molecule has 0 saturated heterocycles. The molecule has 5 heteroatoms. The molecule has 1 fully saturated rings. The zero-order valence-corrected chi connectivity index (χ0v) is 9.85. The summed E-state index contributed by atoms with van der Waals surface area (Å²) in [6.45, 7) is 3.04. The fourth-order valence-electron chi connectivity index (χ4n) is 1.95. The lowest BCUT2D eigenvalue weighted by molar-refractivity contribution is -0.384. The second kappa shape index (κ2) is 4.61. The van der Waals surface area contributed by atoms with Crippen molar-refractivity contribution >= 4 is 17.1 Å². The molecule has 1 aromatic carbocycles. The lowest BCUT2D eigenvalue weighted by Crippen LogP contribution is -2.13. The average Bonchev–Trinajstić information content (AvgIpc) is 3.08. The fourth-order valence-corrected chi connectivity index (χ4v) is 1.95. The van der Waals surface area contributed by atoms with Crippen LogP contribution in [0.15, 0.2) is 18.2 Å². The molecule has 2 rings (SSSR count). The highest BCUT2D eigenvalue weighted by atomic mass is 16.6. The minimum Gasteiger partial charge on any atom is -0.398 e. The van der Waals surface area contributed by atoms with Crippen molar-refractivity contribution in [3.8, 4) is 0 Å². The molecule has 0 amide bonds. The van der Waals surface area contributed by atoms with E-state index < -0.39 is 4.92 Å². The number of benzene rings is 1. The summed E-state index contributed by atoms with van der Waals surface area (Å²) in [5, 5.41) is 13.9. The Morgan fingerprint density at radius 3 is 2.82 bits per heavy atom. The summed E-state index contributed by atoms with van der Waals surface area (Å²) in [4.78, 5) is 10.3. The SMILES string of the molecule is CC(CNc1cc(N)cc([N+](=O)[O-])c1)C1CC1. The molecule has 1 saturated carbocycles. The molecule has 0 heterocycles. The maximum atomic E-state index is 10.7. The first-order valence-electron chi connectivity index (χ1n) is 5.85. The van der Waals surface area contributed by atoms with Gasteiger partial charge in [-0.15, -0.1) is 0 Å². The first-order chi connectivity index (χ1) is 8.06. The standard InChI is InChI=1S/C12H17N3O2/c1-8(9-2-3-9)7-14-11-4-10(13)5-12(6-11)15(16)17/h4-6,8-9,14H,2-3,7,13H2,1H3. The highest BCUT2D eigenvalue weighted by molar-refractivity contribution is 5.61. The third-order valence-corrected chi connectivity index (χ3v) is 3.21. The lowest BCUT2D eigenvalue weighted by Gasteiger charge is -2.12. The van der Waals surface area contributed by atoms with E-state index in [2.05, 4.69) is 12.2 Å². The molecule has 92 valence electrons. The third kappa shape index (κ3) is 3.09. The maximum Gasteiger partial charge on any atom is 0.273 e. The number of hydrogen-bond donors (Lipinski definition) is 2. The van der Waals surface area contributed by atoms with Gasteiger partial charge >= 0.3 is 0 Å². The topological polar surface area (TPSA) is 81.2 Å². The molecule has 0 spiro atoms. The molecule has 3 N–H and O–H groups in total. The smallest absolute Gasteiger partial charge is 0.273 e. The summed E-state index contributed by atoms with van der Waals surface area (Å²) in [6.07, 6.45) is 2.61. The average molecular weight is 235 g/mol. The monoisotopic (exact) mass is 235 g/mol. The Balaban J connectivity index is 2.01. The van der Waals surface area contributed by atoms with Gasteiger partial charge in [0, 0.05) is 30.1 Å². The van der Waals surface area contributed by atoms with Crippen molar-refractivity contribution in [2.75, 3.05) is 17.6 Å². The van der Waals surface area contributed by atoms with Gasteiger partial charge in [-0.1, -0.05) is 6.92 Å². The van der Waals surface area contributed by atoms with E-state index in [-0.39, 0.29) is 5.69 Å². The van der Waals surface area contributed by atoms with Crippen LogP contribution in [0.3, 0.4) is 0 Å². The van der Waals surface area contributed by atoms with Crippen molar-refractivity contribution in [2.45, 2.75) is 19.8 Å². The van der Waals surface area contributed by atoms with E-state index in [0.717, 1.165) is 18.2 Å². The summed E-state index contributed by atoms with van der Waals surface area (Å²) < 4.78 is 0. The molecule has 1 aliphatic rings. The van der Waals surface area contributed by atoms with E-state index in [4.69, 9.17) is 5.73 Å². The van der Waals surface area contributed by atoms with Crippen LogP contribution in [-0.4, -0.2) is 11.5 Å². The Labute approximate surface area is 100 Å². The van der Waals surface area contributed by atoms with Crippen molar-refractivity contribution in [2.24, 2.45) is 11.8 Å². The predicted octanol–water partition coefficient (Wildman–Crippen LogP) is 2.64. The molecule has 1 unspecified atom stereocenters. The van der Waals surface area contributed by atoms with Crippen LogP contribution in [0.5, 0.6) is 0 Å². The minimum absolute atomic E-state index is 0.0339. The number of hydrogen-bond acceptors (Lipinski definition) is 4. The zero-order chi connectivity index (χ0) is 12.4. The number of nitrogens with two attached hydrogens (primary N) is 1. The second-order valence-electron chi connectivity index (χ2n) is 4.77. The van der Waals surface area contributed by atoms with E-state index in [0.29, 0.717) is 11.6 Å². The number of nitrogen functional groups attached to an aromatic ring is 1. The highest BCUT2D eigenvalue weighted by Gasteiger charge is 2.27. The molecule has 0 aliphatic heterocycles. The van der Waals surface area contributed by atoms with Gasteiger partial charge in [0.1, 0.15) is 0 Å². The first kappa shape index (κ1) is 11.7. The van der Waals surface area contributed by atoms with Crippen LogP contribution < -0.4 is 11.1 Å². The van der Waals surface area contributed by atoms with Gasteiger partial charge in [0.05, 0.1) is 4.92 Å². The molecule has 1 aromatic rings. The second-order valence-corrected chi connectivity index (χ2v) is 4.77. The van der Waals surface area contributed by atoms with Gasteiger partial charge in [-0.3, -0.25) is 10.1 Å². The van der Waals surface area contributed by atoms with Gasteiger partial charge in [-0.05, 0) is 30.7 Å². The highest BCUT2D eigenvalue weighted by Crippen LogP contribution is 2.36. The number of nitrogens with zero attached hydrogens (tertiary/aromatic N) is 1. The van der Waals surface area contributed by atoms with Crippen LogP contribution in [0.1, 0.15) is 19.8 Å². The quantitative estimate of drug-likeness (QED) is 0.467. The van der Waals surface area contributed by atoms with Crippen LogP contribution in [-0.2, 0) is 0 Å². The minimum atomic E-state index is -0.425. The molecule has 1 atom stereocenters. The van der Waals surface area contributed by atoms with E-state index in [1.807, 2.05) is 0 Å². The van der Waals surface area contributed by atoms with Crippen molar-refractivity contribution in [3.63, 3.8) is 0 Å². The number of rotatable bonds is 5. The molecule has 0 bridgehead atoms. The Morgan fingerprint density at radius 1 is 1.53 bits per heavy atom. The number of anilines is 2. The lowest BCUT2D eigenvalue weighted by atomic mass is 10.1. The molecule has 0 radical (unpaired) electrons. The van der Waals surface area contributed by atoms with Crippen LogP contribution in [0.4, 0.5) is 17.1 Å². The van der Waals surface area contributed by atoms with E-state index in [9.17, 15) is 10.1 Å². The molecular formula is C12H17N3O2. The van der Waals surface area contributed by atoms with Crippen LogP contribution in [0.25, 0.3) is 0 Å². The van der Waals surface area contributed by atoms with Gasteiger partial charge in [-0.25, -0.2) is 0 Å². The maximum absolute atomic E-state index is 10.7. The van der Waals surface area contributed by atoms with E-state index >= 15 is 0 Å². The van der Waals surface area contributed by atoms with Crippen molar-refractivity contribution in [3.05, 3.63) is 28.3 Å². The Morgan fingerprint density at radius 2 is 2.24 bits per heavy atom. The van der Waals surface area contributed by atoms with Gasteiger partial charge in [0.25, 0.3) is 5.69 Å². The number of non-ortho nitro benzene ring substituents is 1. The van der Waals surface area contributed by atoms with Gasteiger partial charge in [-0.2, -0.15) is 0 Å². The first-order valence-corrected chi connectivity index (χ1v) is 5.85. The fraction of sp³-hybridized carbons (Fsp3) is 0.500. The van der Waals surface area contributed by atoms with Gasteiger partial charge in [0.2, 0.25) is 0 Å². The predicted molar refractivity (Wildman–Crippen MR) is 67.9 cm³/mol. The summed E-state index contributed by atoms with van der Waals surface area (Å²) in [5.41, 5.74) is 6.81. The summed E-state index contributed by atoms with van der Waals surface area (Å²) >= 11 is 0.